The second kappa shape index (κ2) is 11.5. The number of carbonyl (C=O) groups is 1. The Morgan fingerprint density at radius 3 is 2.47 bits per heavy atom. The zero-order valence-electron chi connectivity index (χ0n) is 23.0. The maximum Gasteiger partial charge on any atom is 0.306 e. The van der Waals surface area contributed by atoms with Crippen LogP contribution in [0.15, 0.2) is 11.6 Å². The Bertz CT molecular complexity index is 710. The fourth-order valence-electron chi connectivity index (χ4n) is 9.05. The van der Waals surface area contributed by atoms with Crippen LogP contribution in [-0.2, 0) is 9.53 Å². The van der Waals surface area contributed by atoms with E-state index in [1.807, 2.05) is 0 Å². The van der Waals surface area contributed by atoms with Gasteiger partial charge in [-0.2, -0.15) is 0 Å². The summed E-state index contributed by atoms with van der Waals surface area (Å²) in [7, 11) is 0. The molecule has 7 atom stereocenters. The van der Waals surface area contributed by atoms with E-state index in [4.69, 9.17) is 4.74 Å². The van der Waals surface area contributed by atoms with Crippen LogP contribution in [0.4, 0.5) is 0 Å². The Hall–Kier alpha value is -0.790. The van der Waals surface area contributed by atoms with Gasteiger partial charge in [-0.15, -0.1) is 0 Å². The van der Waals surface area contributed by atoms with Gasteiger partial charge in [-0.05, 0) is 92.3 Å². The Kier molecular flexibility index (Phi) is 8.90. The Balaban J connectivity index is 1.35. The first-order valence-corrected chi connectivity index (χ1v) is 15.3. The summed E-state index contributed by atoms with van der Waals surface area (Å²) in [5.41, 5.74) is 2.59. The van der Waals surface area contributed by atoms with Crippen LogP contribution < -0.4 is 0 Å². The topological polar surface area (TPSA) is 26.3 Å². The van der Waals surface area contributed by atoms with Crippen molar-refractivity contribution in [2.45, 2.75) is 149 Å². The lowest BCUT2D eigenvalue weighted by molar-refractivity contribution is -0.151. The molecule has 4 unspecified atom stereocenters. The molecule has 0 aromatic carbocycles. The number of rotatable bonds is 11. The van der Waals surface area contributed by atoms with Gasteiger partial charge in [0.25, 0.3) is 0 Å². The van der Waals surface area contributed by atoms with E-state index in [-0.39, 0.29) is 12.1 Å². The van der Waals surface area contributed by atoms with Gasteiger partial charge < -0.3 is 4.74 Å². The minimum atomic E-state index is 0.0283. The molecule has 0 saturated heterocycles. The second-order valence-electron chi connectivity index (χ2n) is 13.1. The number of carbonyl (C=O) groups excluding carboxylic acids is 1. The summed E-state index contributed by atoms with van der Waals surface area (Å²) in [5, 5.41) is 0. The molecule has 2 heteroatoms. The van der Waals surface area contributed by atoms with Crippen molar-refractivity contribution in [1.29, 1.82) is 0 Å². The van der Waals surface area contributed by atoms with E-state index in [1.54, 1.807) is 5.57 Å². The summed E-state index contributed by atoms with van der Waals surface area (Å²) in [6.45, 7) is 9.72. The Morgan fingerprint density at radius 1 is 0.912 bits per heavy atom. The van der Waals surface area contributed by atoms with Crippen molar-refractivity contribution >= 4 is 5.97 Å². The lowest BCUT2D eigenvalue weighted by Gasteiger charge is -2.58. The van der Waals surface area contributed by atoms with Gasteiger partial charge in [0.15, 0.2) is 0 Å². The number of fused-ring (bicyclic) bond motifs is 5. The molecule has 0 bridgehead atoms. The van der Waals surface area contributed by atoms with Crippen molar-refractivity contribution in [3.63, 3.8) is 0 Å². The molecule has 0 radical (unpaired) electrons. The van der Waals surface area contributed by atoms with E-state index in [0.717, 1.165) is 49.4 Å². The van der Waals surface area contributed by atoms with Crippen molar-refractivity contribution in [3.8, 4) is 0 Å². The van der Waals surface area contributed by atoms with Gasteiger partial charge in [-0.3, -0.25) is 4.79 Å². The molecule has 3 saturated carbocycles. The quantitative estimate of drug-likeness (QED) is 0.171. The number of allylic oxidation sites excluding steroid dienone is 1. The highest BCUT2D eigenvalue weighted by atomic mass is 16.5. The van der Waals surface area contributed by atoms with Crippen LogP contribution in [-0.4, -0.2) is 12.1 Å². The van der Waals surface area contributed by atoms with Crippen LogP contribution in [0.3, 0.4) is 0 Å². The zero-order valence-corrected chi connectivity index (χ0v) is 23.0. The highest BCUT2D eigenvalue weighted by Gasteiger charge is 2.58. The standard InChI is InChI=1S/C32H54O2/c1-5-7-9-10-11-12-13-24-16-18-28-27-17-15-25-23-26(34-30(33)14-8-6-2)19-21-32(25,4)29(27)20-22-31(24,28)3/h15,24,26-29H,5-14,16-23H2,1-4H3/t24?,26-,27?,28?,29?,31+,32-/m0/s1. The molecule has 2 nitrogen and oxygen atoms in total. The SMILES string of the molecule is CCCCCCCCC1CCC2C3CC=C4C[C@@H](OC(=O)CCCC)CC[C@]4(C)C3CC[C@]12C. The van der Waals surface area contributed by atoms with Crippen molar-refractivity contribution in [3.05, 3.63) is 11.6 Å². The molecule has 0 aromatic heterocycles. The van der Waals surface area contributed by atoms with Crippen LogP contribution in [0.5, 0.6) is 0 Å². The molecule has 34 heavy (non-hydrogen) atoms. The first-order valence-electron chi connectivity index (χ1n) is 15.3. The molecule has 194 valence electrons. The number of hydrogen-bond acceptors (Lipinski definition) is 2. The van der Waals surface area contributed by atoms with E-state index in [1.165, 1.54) is 83.5 Å². The molecule has 3 fully saturated rings. The molecular weight excluding hydrogens is 416 g/mol. The van der Waals surface area contributed by atoms with E-state index < -0.39 is 0 Å². The average molecular weight is 471 g/mol. The van der Waals surface area contributed by atoms with Gasteiger partial charge in [0.05, 0.1) is 0 Å². The second-order valence-corrected chi connectivity index (χ2v) is 13.1. The van der Waals surface area contributed by atoms with E-state index in [9.17, 15) is 4.79 Å². The van der Waals surface area contributed by atoms with Gasteiger partial charge in [-0.1, -0.05) is 84.3 Å². The predicted octanol–water partition coefficient (Wildman–Crippen LogP) is 9.42. The van der Waals surface area contributed by atoms with Gasteiger partial charge in [-0.25, -0.2) is 0 Å². The van der Waals surface area contributed by atoms with Crippen LogP contribution >= 0.6 is 0 Å². The normalized spacial score (nSPS) is 39.1. The number of hydrogen-bond donors (Lipinski definition) is 0. The molecule has 0 spiro atoms. The lowest BCUT2D eigenvalue weighted by atomic mass is 9.47. The van der Waals surface area contributed by atoms with Gasteiger partial charge >= 0.3 is 5.97 Å². The Labute approximate surface area is 211 Å². The van der Waals surface area contributed by atoms with E-state index in [2.05, 4.69) is 33.8 Å². The molecule has 4 aliphatic rings. The number of unbranched alkanes of at least 4 members (excludes halogenated alkanes) is 6. The van der Waals surface area contributed by atoms with Crippen molar-refractivity contribution in [1.82, 2.24) is 0 Å². The molecule has 0 N–H and O–H groups in total. The largest absolute Gasteiger partial charge is 0.462 e. The van der Waals surface area contributed by atoms with Crippen molar-refractivity contribution in [2.24, 2.45) is 34.5 Å². The lowest BCUT2D eigenvalue weighted by Crippen LogP contribution is -2.50. The van der Waals surface area contributed by atoms with Gasteiger partial charge in [0, 0.05) is 12.8 Å². The smallest absolute Gasteiger partial charge is 0.306 e. The molecule has 4 aliphatic carbocycles. The summed E-state index contributed by atoms with van der Waals surface area (Å²) < 4.78 is 5.91. The summed E-state index contributed by atoms with van der Waals surface area (Å²) in [6.07, 6.45) is 25.9. The fraction of sp³-hybridized carbons (Fsp3) is 0.906. The monoisotopic (exact) mass is 470 g/mol. The maximum absolute atomic E-state index is 12.2. The molecule has 4 rings (SSSR count). The first-order chi connectivity index (χ1) is 16.4. The minimum absolute atomic E-state index is 0.0283. The van der Waals surface area contributed by atoms with Crippen LogP contribution in [0.1, 0.15) is 143 Å². The van der Waals surface area contributed by atoms with E-state index in [0.29, 0.717) is 17.3 Å². The highest BCUT2D eigenvalue weighted by molar-refractivity contribution is 5.69. The van der Waals surface area contributed by atoms with Crippen molar-refractivity contribution < 1.29 is 9.53 Å². The van der Waals surface area contributed by atoms with Crippen LogP contribution in [0, 0.1) is 34.5 Å². The molecule has 0 aliphatic heterocycles. The summed E-state index contributed by atoms with van der Waals surface area (Å²) in [4.78, 5) is 12.2. The Morgan fingerprint density at radius 2 is 1.68 bits per heavy atom. The molecule has 0 aromatic rings. The van der Waals surface area contributed by atoms with Crippen LogP contribution in [0.25, 0.3) is 0 Å². The minimum Gasteiger partial charge on any atom is -0.462 e. The number of ether oxygens (including phenoxy) is 1. The van der Waals surface area contributed by atoms with E-state index >= 15 is 0 Å². The summed E-state index contributed by atoms with van der Waals surface area (Å²) in [6, 6.07) is 0. The summed E-state index contributed by atoms with van der Waals surface area (Å²) >= 11 is 0. The highest BCUT2D eigenvalue weighted by Crippen LogP contribution is 2.66. The summed E-state index contributed by atoms with van der Waals surface area (Å²) in [5.74, 6) is 3.69. The van der Waals surface area contributed by atoms with Gasteiger partial charge in [0.1, 0.15) is 6.10 Å². The molecule has 0 amide bonds. The first kappa shape index (κ1) is 26.3. The average Bonchev–Trinajstić information content (AvgIpc) is 3.16. The van der Waals surface area contributed by atoms with Gasteiger partial charge in [0.2, 0.25) is 0 Å². The van der Waals surface area contributed by atoms with Crippen LogP contribution in [0.2, 0.25) is 0 Å². The fourth-order valence-corrected chi connectivity index (χ4v) is 9.05. The predicted molar refractivity (Wildman–Crippen MR) is 143 cm³/mol. The zero-order chi connectivity index (χ0) is 24.2. The molecular formula is C32H54O2. The third-order valence-electron chi connectivity index (χ3n) is 11.2. The molecule has 0 heterocycles. The maximum atomic E-state index is 12.2. The third kappa shape index (κ3) is 5.31. The third-order valence-corrected chi connectivity index (χ3v) is 11.2. The number of esters is 1. The van der Waals surface area contributed by atoms with Crippen molar-refractivity contribution in [2.75, 3.05) is 0 Å².